The molecule has 0 unspecified atom stereocenters. The second-order valence-corrected chi connectivity index (χ2v) is 4.29. The molecule has 0 fully saturated rings. The van der Waals surface area contributed by atoms with E-state index in [2.05, 4.69) is 30.4 Å². The molecule has 0 amide bonds. The van der Waals surface area contributed by atoms with E-state index in [4.69, 9.17) is 0 Å². The predicted octanol–water partition coefficient (Wildman–Crippen LogP) is 4.07. The number of esters is 1. The Hall–Kier alpha value is -1.52. The maximum atomic E-state index is 12.9. The van der Waals surface area contributed by atoms with E-state index in [0.29, 0.717) is 0 Å². The van der Waals surface area contributed by atoms with Crippen LogP contribution in [0.2, 0.25) is 0 Å². The zero-order chi connectivity index (χ0) is 17.1. The standard InChI is InChI=1S/C11H8BrF6NO3/c1-2-21-9(20)8-5(10(13,14)15)3-7(6(4-12)19-8)22-11(16,17)18/h3H,2,4H2,1H3. The lowest BCUT2D eigenvalue weighted by molar-refractivity contribution is -0.275. The molecule has 4 nitrogen and oxygen atoms in total. The van der Waals surface area contributed by atoms with Gasteiger partial charge >= 0.3 is 18.5 Å². The molecule has 0 aliphatic rings. The van der Waals surface area contributed by atoms with Gasteiger partial charge in [0.25, 0.3) is 0 Å². The molecule has 11 heteroatoms. The van der Waals surface area contributed by atoms with Crippen LogP contribution in [0.5, 0.6) is 5.75 Å². The lowest BCUT2D eigenvalue weighted by Crippen LogP contribution is -2.22. The van der Waals surface area contributed by atoms with Crippen molar-refractivity contribution in [3.63, 3.8) is 0 Å². The largest absolute Gasteiger partial charge is 0.573 e. The van der Waals surface area contributed by atoms with Crippen molar-refractivity contribution in [1.29, 1.82) is 0 Å². The van der Waals surface area contributed by atoms with Crippen molar-refractivity contribution in [3.05, 3.63) is 23.0 Å². The molecular formula is C11H8BrF6NO3. The van der Waals surface area contributed by atoms with Gasteiger partial charge in [-0.1, -0.05) is 15.9 Å². The van der Waals surface area contributed by atoms with Crippen molar-refractivity contribution in [2.45, 2.75) is 24.8 Å². The third kappa shape index (κ3) is 4.75. The molecule has 1 heterocycles. The van der Waals surface area contributed by atoms with E-state index < -0.39 is 41.2 Å². The molecular weight excluding hydrogens is 388 g/mol. The highest BCUT2D eigenvalue weighted by atomic mass is 79.9. The number of aromatic nitrogens is 1. The van der Waals surface area contributed by atoms with Crippen molar-refractivity contribution in [2.24, 2.45) is 0 Å². The molecule has 0 aliphatic carbocycles. The Bertz CT molecular complexity index is 558. The van der Waals surface area contributed by atoms with E-state index in [0.717, 1.165) is 0 Å². The fourth-order valence-corrected chi connectivity index (χ4v) is 1.81. The number of carbonyl (C=O) groups excluding carboxylic acids is 1. The minimum Gasteiger partial charge on any atom is -0.461 e. The SMILES string of the molecule is CCOC(=O)c1nc(CBr)c(OC(F)(F)F)cc1C(F)(F)F. The fourth-order valence-electron chi connectivity index (χ4n) is 1.41. The molecule has 1 rings (SSSR count). The van der Waals surface area contributed by atoms with Gasteiger partial charge in [0, 0.05) is 5.33 Å². The van der Waals surface area contributed by atoms with E-state index in [9.17, 15) is 31.1 Å². The summed E-state index contributed by atoms with van der Waals surface area (Å²) in [6.45, 7) is 1.14. The van der Waals surface area contributed by atoms with Gasteiger partial charge in [0.05, 0.1) is 17.9 Å². The molecule has 0 bridgehead atoms. The van der Waals surface area contributed by atoms with E-state index >= 15 is 0 Å². The van der Waals surface area contributed by atoms with E-state index in [1.165, 1.54) is 6.92 Å². The van der Waals surface area contributed by atoms with Gasteiger partial charge in [-0.15, -0.1) is 13.2 Å². The molecule has 1 aromatic heterocycles. The van der Waals surface area contributed by atoms with Gasteiger partial charge < -0.3 is 9.47 Å². The third-order valence-electron chi connectivity index (χ3n) is 2.19. The van der Waals surface area contributed by atoms with Crippen molar-refractivity contribution in [3.8, 4) is 5.75 Å². The zero-order valence-corrected chi connectivity index (χ0v) is 12.4. The molecule has 1 aromatic rings. The van der Waals surface area contributed by atoms with Crippen LogP contribution in [0.15, 0.2) is 6.07 Å². The van der Waals surface area contributed by atoms with Crippen LogP contribution in [0.3, 0.4) is 0 Å². The van der Waals surface area contributed by atoms with Gasteiger partial charge in [0.15, 0.2) is 11.4 Å². The highest BCUT2D eigenvalue weighted by Crippen LogP contribution is 2.37. The number of carbonyl (C=O) groups is 1. The highest BCUT2D eigenvalue weighted by molar-refractivity contribution is 9.08. The van der Waals surface area contributed by atoms with Crippen molar-refractivity contribution >= 4 is 21.9 Å². The summed E-state index contributed by atoms with van der Waals surface area (Å²) >= 11 is 2.77. The molecule has 0 aromatic carbocycles. The molecule has 0 spiro atoms. The van der Waals surface area contributed by atoms with Crippen LogP contribution in [0.4, 0.5) is 26.3 Å². The van der Waals surface area contributed by atoms with Crippen LogP contribution in [-0.4, -0.2) is 23.9 Å². The maximum Gasteiger partial charge on any atom is 0.573 e. The van der Waals surface area contributed by atoms with Crippen LogP contribution in [0.25, 0.3) is 0 Å². The van der Waals surface area contributed by atoms with Gasteiger partial charge in [-0.05, 0) is 13.0 Å². The Kier molecular flexibility index (Phi) is 5.65. The van der Waals surface area contributed by atoms with Crippen LogP contribution in [0, 0.1) is 0 Å². The summed E-state index contributed by atoms with van der Waals surface area (Å²) in [5.74, 6) is -2.54. The summed E-state index contributed by atoms with van der Waals surface area (Å²) in [5.41, 5.74) is -3.32. The number of rotatable bonds is 4. The average Bonchev–Trinajstić information content (AvgIpc) is 2.35. The minimum atomic E-state index is -5.20. The number of ether oxygens (including phenoxy) is 2. The van der Waals surface area contributed by atoms with Gasteiger partial charge in [-0.2, -0.15) is 13.2 Å². The van der Waals surface area contributed by atoms with Crippen molar-refractivity contribution in [1.82, 2.24) is 4.98 Å². The monoisotopic (exact) mass is 395 g/mol. The second kappa shape index (κ2) is 6.71. The number of halogens is 7. The van der Waals surface area contributed by atoms with Crippen LogP contribution in [-0.2, 0) is 16.2 Å². The molecule has 0 radical (unpaired) electrons. The summed E-state index contributed by atoms with van der Waals surface area (Å²) < 4.78 is 83.3. The normalized spacial score (nSPS) is 12.2. The number of nitrogens with zero attached hydrogens (tertiary/aromatic N) is 1. The smallest absolute Gasteiger partial charge is 0.461 e. The third-order valence-corrected chi connectivity index (χ3v) is 2.72. The highest BCUT2D eigenvalue weighted by Gasteiger charge is 2.40. The predicted molar refractivity (Wildman–Crippen MR) is 64.5 cm³/mol. The summed E-state index contributed by atoms with van der Waals surface area (Å²) in [6, 6.07) is 0.0728. The first kappa shape index (κ1) is 18.5. The Morgan fingerprint density at radius 3 is 2.27 bits per heavy atom. The number of alkyl halides is 7. The topological polar surface area (TPSA) is 48.4 Å². The van der Waals surface area contributed by atoms with Crippen molar-refractivity contribution in [2.75, 3.05) is 6.61 Å². The molecule has 124 valence electrons. The average molecular weight is 396 g/mol. The fraction of sp³-hybridized carbons (Fsp3) is 0.455. The summed E-state index contributed by atoms with van der Waals surface area (Å²) in [6.07, 6.45) is -10.3. The first-order valence-electron chi connectivity index (χ1n) is 5.59. The van der Waals surface area contributed by atoms with Crippen molar-refractivity contribution < 1.29 is 40.6 Å². The zero-order valence-electron chi connectivity index (χ0n) is 10.8. The number of hydrogen-bond donors (Lipinski definition) is 0. The number of pyridine rings is 1. The second-order valence-electron chi connectivity index (χ2n) is 3.73. The molecule has 0 atom stereocenters. The quantitative estimate of drug-likeness (QED) is 0.438. The molecule has 0 saturated heterocycles. The molecule has 22 heavy (non-hydrogen) atoms. The maximum absolute atomic E-state index is 12.9. The van der Waals surface area contributed by atoms with Gasteiger partial charge in [-0.3, -0.25) is 0 Å². The van der Waals surface area contributed by atoms with E-state index in [-0.39, 0.29) is 18.0 Å². The minimum absolute atomic E-state index is 0.0728. The molecule has 0 aliphatic heterocycles. The summed E-state index contributed by atoms with van der Waals surface area (Å²) in [7, 11) is 0. The van der Waals surface area contributed by atoms with Gasteiger partial charge in [0.2, 0.25) is 0 Å². The first-order valence-corrected chi connectivity index (χ1v) is 6.71. The van der Waals surface area contributed by atoms with Crippen LogP contribution in [0.1, 0.15) is 28.7 Å². The number of hydrogen-bond acceptors (Lipinski definition) is 4. The molecule has 0 saturated carbocycles. The summed E-state index contributed by atoms with van der Waals surface area (Å²) in [4.78, 5) is 14.8. The Balaban J connectivity index is 3.49. The van der Waals surface area contributed by atoms with E-state index in [1.807, 2.05) is 0 Å². The van der Waals surface area contributed by atoms with Gasteiger partial charge in [0.1, 0.15) is 0 Å². The Morgan fingerprint density at radius 2 is 1.86 bits per heavy atom. The summed E-state index contributed by atoms with van der Waals surface area (Å²) in [5, 5.41) is -0.358. The Labute approximate surface area is 128 Å². The van der Waals surface area contributed by atoms with Crippen LogP contribution < -0.4 is 4.74 Å². The first-order chi connectivity index (χ1) is 9.99. The lowest BCUT2D eigenvalue weighted by atomic mass is 10.1. The van der Waals surface area contributed by atoms with Crippen LogP contribution >= 0.6 is 15.9 Å². The van der Waals surface area contributed by atoms with E-state index in [1.54, 1.807) is 0 Å². The Morgan fingerprint density at radius 1 is 1.27 bits per heavy atom. The molecule has 0 N–H and O–H groups in total. The van der Waals surface area contributed by atoms with Gasteiger partial charge in [-0.25, -0.2) is 9.78 Å². The lowest BCUT2D eigenvalue weighted by Gasteiger charge is -2.17.